The van der Waals surface area contributed by atoms with Gasteiger partial charge in [0.25, 0.3) is 0 Å². The van der Waals surface area contributed by atoms with Crippen LogP contribution in [0, 0.1) is 6.92 Å². The number of hydrogen-bond acceptors (Lipinski definition) is 5. The van der Waals surface area contributed by atoms with E-state index in [1.165, 1.54) is 0 Å². The fraction of sp³-hybridized carbons (Fsp3) is 0.533. The molecular weight excluding hydrogens is 296 g/mol. The molecule has 0 aliphatic carbocycles. The van der Waals surface area contributed by atoms with Crippen molar-refractivity contribution in [3.05, 3.63) is 29.5 Å². The first kappa shape index (κ1) is 17.0. The maximum atomic E-state index is 11.9. The quantitative estimate of drug-likeness (QED) is 0.784. The summed E-state index contributed by atoms with van der Waals surface area (Å²) in [7, 11) is 1.77. The molecule has 0 aliphatic rings. The molecule has 0 bridgehead atoms. The minimum Gasteiger partial charge on any atom is -0.444 e. The van der Waals surface area contributed by atoms with Gasteiger partial charge in [-0.05, 0) is 27.7 Å². The SMILES string of the molecule is Cc1[nH]cnc1CNCc1cnn(C)c1NC(=O)OC(C)(C)C. The number of imidazole rings is 1. The van der Waals surface area contributed by atoms with Gasteiger partial charge in [-0.15, -0.1) is 0 Å². The summed E-state index contributed by atoms with van der Waals surface area (Å²) in [6.45, 7) is 8.64. The van der Waals surface area contributed by atoms with E-state index in [2.05, 4.69) is 25.7 Å². The lowest BCUT2D eigenvalue weighted by molar-refractivity contribution is 0.0634. The highest BCUT2D eigenvalue weighted by molar-refractivity contribution is 5.84. The Labute approximate surface area is 135 Å². The van der Waals surface area contributed by atoms with E-state index in [4.69, 9.17) is 4.74 Å². The van der Waals surface area contributed by atoms with Crippen LogP contribution in [-0.4, -0.2) is 31.4 Å². The molecule has 0 spiro atoms. The molecule has 126 valence electrons. The van der Waals surface area contributed by atoms with Crippen LogP contribution in [0.3, 0.4) is 0 Å². The Bertz CT molecular complexity index is 668. The van der Waals surface area contributed by atoms with Gasteiger partial charge in [-0.3, -0.25) is 10.00 Å². The van der Waals surface area contributed by atoms with Crippen molar-refractivity contribution in [3.8, 4) is 0 Å². The molecule has 23 heavy (non-hydrogen) atoms. The number of carbonyl (C=O) groups is 1. The van der Waals surface area contributed by atoms with Crippen LogP contribution in [0.15, 0.2) is 12.5 Å². The average molecular weight is 320 g/mol. The van der Waals surface area contributed by atoms with E-state index in [1.54, 1.807) is 24.3 Å². The molecule has 0 atom stereocenters. The fourth-order valence-corrected chi connectivity index (χ4v) is 2.05. The van der Waals surface area contributed by atoms with Gasteiger partial charge in [0.15, 0.2) is 0 Å². The van der Waals surface area contributed by atoms with Crippen LogP contribution in [0.1, 0.15) is 37.7 Å². The Balaban J connectivity index is 1.95. The monoisotopic (exact) mass is 320 g/mol. The van der Waals surface area contributed by atoms with Crippen LogP contribution in [0.2, 0.25) is 0 Å². The van der Waals surface area contributed by atoms with Gasteiger partial charge in [-0.25, -0.2) is 9.78 Å². The van der Waals surface area contributed by atoms with Gasteiger partial charge in [-0.1, -0.05) is 0 Å². The van der Waals surface area contributed by atoms with E-state index in [-0.39, 0.29) is 0 Å². The molecule has 0 radical (unpaired) electrons. The average Bonchev–Trinajstić information content (AvgIpc) is 2.97. The van der Waals surface area contributed by atoms with Gasteiger partial charge in [0, 0.05) is 31.4 Å². The van der Waals surface area contributed by atoms with Crippen molar-refractivity contribution < 1.29 is 9.53 Å². The molecule has 2 heterocycles. The summed E-state index contributed by atoms with van der Waals surface area (Å²) < 4.78 is 6.89. The van der Waals surface area contributed by atoms with Crippen LogP contribution >= 0.6 is 0 Å². The first-order chi connectivity index (χ1) is 10.8. The zero-order valence-electron chi connectivity index (χ0n) is 14.2. The number of aromatic nitrogens is 4. The topological polar surface area (TPSA) is 96.9 Å². The number of nitrogens with zero attached hydrogens (tertiary/aromatic N) is 3. The third-order valence-electron chi connectivity index (χ3n) is 3.18. The summed E-state index contributed by atoms with van der Waals surface area (Å²) >= 11 is 0. The van der Waals surface area contributed by atoms with Crippen LogP contribution in [0.4, 0.5) is 10.6 Å². The van der Waals surface area contributed by atoms with Crippen LogP contribution in [-0.2, 0) is 24.9 Å². The van der Waals surface area contributed by atoms with E-state index < -0.39 is 11.7 Å². The zero-order chi connectivity index (χ0) is 17.0. The molecular formula is C15H24N6O2. The first-order valence-corrected chi connectivity index (χ1v) is 7.46. The van der Waals surface area contributed by atoms with E-state index in [0.717, 1.165) is 17.0 Å². The normalized spacial score (nSPS) is 11.5. The highest BCUT2D eigenvalue weighted by Gasteiger charge is 2.19. The third-order valence-corrected chi connectivity index (χ3v) is 3.18. The second-order valence-corrected chi connectivity index (χ2v) is 6.35. The predicted octanol–water partition coefficient (Wildman–Crippen LogP) is 2.09. The highest BCUT2D eigenvalue weighted by atomic mass is 16.6. The lowest BCUT2D eigenvalue weighted by atomic mass is 10.2. The second-order valence-electron chi connectivity index (χ2n) is 6.35. The van der Waals surface area contributed by atoms with E-state index >= 15 is 0 Å². The Hall–Kier alpha value is -2.35. The van der Waals surface area contributed by atoms with E-state index in [1.807, 2.05) is 27.7 Å². The number of ether oxygens (including phenoxy) is 1. The van der Waals surface area contributed by atoms with E-state index in [0.29, 0.717) is 18.9 Å². The van der Waals surface area contributed by atoms with Gasteiger partial charge < -0.3 is 15.0 Å². The van der Waals surface area contributed by atoms with Crippen molar-refractivity contribution in [2.45, 2.75) is 46.4 Å². The summed E-state index contributed by atoms with van der Waals surface area (Å²) in [6, 6.07) is 0. The molecule has 0 saturated heterocycles. The Morgan fingerprint density at radius 1 is 1.39 bits per heavy atom. The Kier molecular flexibility index (Phi) is 5.05. The molecule has 1 amide bonds. The summed E-state index contributed by atoms with van der Waals surface area (Å²) in [5, 5.41) is 10.2. The maximum Gasteiger partial charge on any atom is 0.413 e. The minimum atomic E-state index is -0.543. The molecule has 0 fully saturated rings. The second kappa shape index (κ2) is 6.82. The summed E-state index contributed by atoms with van der Waals surface area (Å²) in [5.74, 6) is 0.616. The molecule has 0 saturated carbocycles. The molecule has 8 nitrogen and oxygen atoms in total. The summed E-state index contributed by atoms with van der Waals surface area (Å²) in [6.07, 6.45) is 2.90. The smallest absolute Gasteiger partial charge is 0.413 e. The Morgan fingerprint density at radius 2 is 2.13 bits per heavy atom. The number of hydrogen-bond donors (Lipinski definition) is 3. The molecule has 2 aromatic rings. The molecule has 8 heteroatoms. The van der Waals surface area contributed by atoms with Crippen molar-refractivity contribution in [2.24, 2.45) is 7.05 Å². The van der Waals surface area contributed by atoms with Gasteiger partial charge in [0.1, 0.15) is 11.4 Å². The fourth-order valence-electron chi connectivity index (χ4n) is 2.05. The number of nitrogens with one attached hydrogen (secondary N) is 3. The molecule has 2 rings (SSSR count). The number of rotatable bonds is 5. The van der Waals surface area contributed by atoms with E-state index in [9.17, 15) is 4.79 Å². The van der Waals surface area contributed by atoms with Crippen molar-refractivity contribution in [2.75, 3.05) is 5.32 Å². The minimum absolute atomic E-state index is 0.495. The number of aryl methyl sites for hydroxylation is 2. The number of anilines is 1. The van der Waals surface area contributed by atoms with Crippen molar-refractivity contribution >= 4 is 11.9 Å². The number of amides is 1. The van der Waals surface area contributed by atoms with Gasteiger partial charge in [0.05, 0.1) is 18.2 Å². The lowest BCUT2D eigenvalue weighted by Crippen LogP contribution is -2.28. The third kappa shape index (κ3) is 4.82. The molecule has 0 unspecified atom stereocenters. The number of carbonyl (C=O) groups excluding carboxylic acids is 1. The summed E-state index contributed by atoms with van der Waals surface area (Å²) in [4.78, 5) is 19.2. The van der Waals surface area contributed by atoms with Crippen LogP contribution < -0.4 is 10.6 Å². The molecule has 0 aliphatic heterocycles. The highest BCUT2D eigenvalue weighted by Crippen LogP contribution is 2.16. The van der Waals surface area contributed by atoms with Crippen molar-refractivity contribution in [1.82, 2.24) is 25.1 Å². The van der Waals surface area contributed by atoms with Crippen LogP contribution in [0.25, 0.3) is 0 Å². The molecule has 2 aromatic heterocycles. The first-order valence-electron chi connectivity index (χ1n) is 7.46. The zero-order valence-corrected chi connectivity index (χ0v) is 14.2. The van der Waals surface area contributed by atoms with Gasteiger partial charge in [-0.2, -0.15) is 5.10 Å². The Morgan fingerprint density at radius 3 is 2.74 bits per heavy atom. The van der Waals surface area contributed by atoms with Crippen molar-refractivity contribution in [3.63, 3.8) is 0 Å². The molecule has 3 N–H and O–H groups in total. The van der Waals surface area contributed by atoms with Gasteiger partial charge in [0.2, 0.25) is 0 Å². The number of aromatic amines is 1. The molecule has 0 aromatic carbocycles. The van der Waals surface area contributed by atoms with Crippen molar-refractivity contribution in [1.29, 1.82) is 0 Å². The predicted molar refractivity (Wildman–Crippen MR) is 86.9 cm³/mol. The summed E-state index contributed by atoms with van der Waals surface area (Å²) in [5.41, 5.74) is 2.34. The maximum absolute atomic E-state index is 11.9. The van der Waals surface area contributed by atoms with Gasteiger partial charge >= 0.3 is 6.09 Å². The standard InChI is InChI=1S/C15H24N6O2/c1-10-12(18-9-17-10)8-16-6-11-7-19-21(5)13(11)20-14(22)23-15(2,3)4/h7,9,16H,6,8H2,1-5H3,(H,17,18)(H,20,22). The van der Waals surface area contributed by atoms with Crippen LogP contribution in [0.5, 0.6) is 0 Å². The number of H-pyrrole nitrogens is 1. The largest absolute Gasteiger partial charge is 0.444 e. The lowest BCUT2D eigenvalue weighted by Gasteiger charge is -2.20.